The number of halogens is 7. The minimum Gasteiger partial charge on any atom is -0.339 e. The van der Waals surface area contributed by atoms with Crippen molar-refractivity contribution < 1.29 is 35.5 Å². The third kappa shape index (κ3) is 5.54. The van der Waals surface area contributed by atoms with E-state index < -0.39 is 47.2 Å². The first-order chi connectivity index (χ1) is 15.7. The molecule has 3 rings (SSSR count). The van der Waals surface area contributed by atoms with Gasteiger partial charge in [0.05, 0.1) is 17.2 Å². The highest BCUT2D eigenvalue weighted by Gasteiger charge is 2.39. The number of alkyl halides is 6. The van der Waals surface area contributed by atoms with Crippen LogP contribution in [0, 0.1) is 18.7 Å². The molecule has 1 heterocycles. The molecule has 3 atom stereocenters. The number of rotatable bonds is 4. The third-order valence-corrected chi connectivity index (χ3v) is 6.45. The van der Waals surface area contributed by atoms with Crippen molar-refractivity contribution in [2.75, 3.05) is 20.1 Å². The first-order valence-electron chi connectivity index (χ1n) is 10.7. The molecular formula is C24H25F7N2O. The summed E-state index contributed by atoms with van der Waals surface area (Å²) in [4.78, 5) is 14.6. The lowest BCUT2D eigenvalue weighted by atomic mass is 9.79. The summed E-state index contributed by atoms with van der Waals surface area (Å²) in [5, 5.41) is 3.19. The predicted octanol–water partition coefficient (Wildman–Crippen LogP) is 6.08. The largest absolute Gasteiger partial charge is 0.416 e. The highest BCUT2D eigenvalue weighted by molar-refractivity contribution is 5.80. The van der Waals surface area contributed by atoms with Crippen LogP contribution in [0.15, 0.2) is 36.4 Å². The fourth-order valence-corrected chi connectivity index (χ4v) is 4.43. The smallest absolute Gasteiger partial charge is 0.339 e. The molecule has 1 aliphatic rings. The number of piperidine rings is 1. The van der Waals surface area contributed by atoms with Crippen LogP contribution in [0.3, 0.4) is 0 Å². The van der Waals surface area contributed by atoms with Crippen molar-refractivity contribution in [1.29, 1.82) is 0 Å². The van der Waals surface area contributed by atoms with Crippen molar-refractivity contribution in [2.45, 2.75) is 44.6 Å². The number of carbonyl (C=O) groups excluding carboxylic acids is 1. The second-order valence-electron chi connectivity index (χ2n) is 8.67. The second kappa shape index (κ2) is 9.56. The molecule has 0 aromatic heterocycles. The number of nitrogens with zero attached hydrogens (tertiary/aromatic N) is 1. The van der Waals surface area contributed by atoms with E-state index in [0.29, 0.717) is 37.2 Å². The zero-order valence-electron chi connectivity index (χ0n) is 18.8. The molecule has 0 radical (unpaired) electrons. The zero-order chi connectivity index (χ0) is 25.4. The SMILES string of the molecule is Cc1cc(F)ccc1C1CNCCC1C(=O)N(C)[C@@H](C)c1cc(C(F)(F)F)cc(C(F)(F)F)c1. The number of nitrogens with one attached hydrogen (secondary N) is 1. The Balaban J connectivity index is 1.94. The Morgan fingerprint density at radius 1 is 1.03 bits per heavy atom. The Bertz CT molecular complexity index is 1020. The van der Waals surface area contributed by atoms with E-state index >= 15 is 0 Å². The molecule has 1 fully saturated rings. The maximum Gasteiger partial charge on any atom is 0.416 e. The number of benzene rings is 2. The van der Waals surface area contributed by atoms with Crippen molar-refractivity contribution in [3.8, 4) is 0 Å². The molecular weight excluding hydrogens is 465 g/mol. The van der Waals surface area contributed by atoms with Crippen molar-refractivity contribution in [3.63, 3.8) is 0 Å². The van der Waals surface area contributed by atoms with Gasteiger partial charge < -0.3 is 10.2 Å². The average Bonchev–Trinajstić information content (AvgIpc) is 2.76. The highest BCUT2D eigenvalue weighted by atomic mass is 19.4. The van der Waals surface area contributed by atoms with Crippen LogP contribution in [0.1, 0.15) is 53.1 Å². The summed E-state index contributed by atoms with van der Waals surface area (Å²) in [7, 11) is 1.37. The van der Waals surface area contributed by atoms with Gasteiger partial charge in [-0.15, -0.1) is 0 Å². The maximum atomic E-state index is 13.6. The van der Waals surface area contributed by atoms with E-state index in [4.69, 9.17) is 0 Å². The van der Waals surface area contributed by atoms with Gasteiger partial charge in [-0.1, -0.05) is 6.07 Å². The second-order valence-corrected chi connectivity index (χ2v) is 8.67. The predicted molar refractivity (Wildman–Crippen MR) is 112 cm³/mol. The van der Waals surface area contributed by atoms with E-state index in [9.17, 15) is 35.5 Å². The van der Waals surface area contributed by atoms with E-state index in [-0.39, 0.29) is 17.5 Å². The summed E-state index contributed by atoms with van der Waals surface area (Å²) < 4.78 is 93.2. The monoisotopic (exact) mass is 490 g/mol. The van der Waals surface area contributed by atoms with Gasteiger partial charge in [-0.3, -0.25) is 4.79 Å². The Kier molecular flexibility index (Phi) is 7.31. The van der Waals surface area contributed by atoms with Crippen LogP contribution in [0.5, 0.6) is 0 Å². The minimum atomic E-state index is -4.97. The minimum absolute atomic E-state index is 0.0676. The van der Waals surface area contributed by atoms with Crippen LogP contribution in [-0.2, 0) is 17.1 Å². The molecule has 2 aromatic carbocycles. The van der Waals surface area contributed by atoms with Crippen molar-refractivity contribution in [2.24, 2.45) is 5.92 Å². The molecule has 3 nitrogen and oxygen atoms in total. The van der Waals surface area contributed by atoms with Crippen LogP contribution in [0.2, 0.25) is 0 Å². The lowest BCUT2D eigenvalue weighted by molar-refractivity contribution is -0.143. The van der Waals surface area contributed by atoms with E-state index in [2.05, 4.69) is 5.32 Å². The summed E-state index contributed by atoms with van der Waals surface area (Å²) in [6.45, 7) is 4.08. The molecule has 0 aliphatic carbocycles. The maximum absolute atomic E-state index is 13.6. The molecule has 2 unspecified atom stereocenters. The van der Waals surface area contributed by atoms with Gasteiger partial charge in [0.2, 0.25) is 5.91 Å². The van der Waals surface area contributed by atoms with Crippen LogP contribution in [-0.4, -0.2) is 30.9 Å². The standard InChI is InChI=1S/C24H25F7N2O/c1-13-8-18(25)4-5-19(13)21-12-32-7-6-20(21)22(34)33(3)14(2)15-9-16(23(26,27)28)11-17(10-15)24(29,30)31/h4-5,8-11,14,20-21,32H,6-7,12H2,1-3H3/t14-,20?,21?/m0/s1. The number of carbonyl (C=O) groups is 1. The van der Waals surface area contributed by atoms with Gasteiger partial charge in [0.1, 0.15) is 5.82 Å². The Labute approximate surface area is 192 Å². The molecule has 1 saturated heterocycles. The lowest BCUT2D eigenvalue weighted by Crippen LogP contribution is -2.44. The Morgan fingerprint density at radius 3 is 2.15 bits per heavy atom. The molecule has 2 aromatic rings. The summed E-state index contributed by atoms with van der Waals surface area (Å²) >= 11 is 0. The molecule has 1 N–H and O–H groups in total. The van der Waals surface area contributed by atoms with Crippen LogP contribution in [0.4, 0.5) is 30.7 Å². The van der Waals surface area contributed by atoms with Crippen molar-refractivity contribution >= 4 is 5.91 Å². The zero-order valence-corrected chi connectivity index (χ0v) is 18.8. The molecule has 34 heavy (non-hydrogen) atoms. The van der Waals surface area contributed by atoms with E-state index in [1.165, 1.54) is 31.0 Å². The fourth-order valence-electron chi connectivity index (χ4n) is 4.43. The van der Waals surface area contributed by atoms with E-state index in [1.807, 2.05) is 0 Å². The summed E-state index contributed by atoms with van der Waals surface area (Å²) in [6, 6.07) is 4.58. The average molecular weight is 490 g/mol. The first-order valence-corrected chi connectivity index (χ1v) is 10.7. The molecule has 10 heteroatoms. The molecule has 0 saturated carbocycles. The molecule has 1 aliphatic heterocycles. The summed E-state index contributed by atoms with van der Waals surface area (Å²) in [5.41, 5.74) is -1.68. The molecule has 186 valence electrons. The Morgan fingerprint density at radius 2 is 1.62 bits per heavy atom. The first kappa shape index (κ1) is 26.0. The van der Waals surface area contributed by atoms with E-state index in [1.54, 1.807) is 13.0 Å². The quantitative estimate of drug-likeness (QED) is 0.527. The van der Waals surface area contributed by atoms with Gasteiger partial charge in [-0.2, -0.15) is 26.3 Å². The van der Waals surface area contributed by atoms with Gasteiger partial charge in [-0.25, -0.2) is 4.39 Å². The highest BCUT2D eigenvalue weighted by Crippen LogP contribution is 2.39. The van der Waals surface area contributed by atoms with Crippen molar-refractivity contribution in [1.82, 2.24) is 10.2 Å². The van der Waals surface area contributed by atoms with Gasteiger partial charge in [0.15, 0.2) is 0 Å². The lowest BCUT2D eigenvalue weighted by Gasteiger charge is -2.37. The summed E-state index contributed by atoms with van der Waals surface area (Å²) in [5.74, 6) is -1.69. The molecule has 1 amide bonds. The van der Waals surface area contributed by atoms with Crippen LogP contribution in [0.25, 0.3) is 0 Å². The van der Waals surface area contributed by atoms with Gasteiger partial charge in [0.25, 0.3) is 0 Å². The van der Waals surface area contributed by atoms with Crippen LogP contribution < -0.4 is 5.32 Å². The molecule has 0 spiro atoms. The topological polar surface area (TPSA) is 32.3 Å². The number of amides is 1. The van der Waals surface area contributed by atoms with Gasteiger partial charge in [-0.05, 0) is 73.8 Å². The van der Waals surface area contributed by atoms with Gasteiger partial charge >= 0.3 is 12.4 Å². The van der Waals surface area contributed by atoms with Crippen LogP contribution >= 0.6 is 0 Å². The fraction of sp³-hybridized carbons (Fsp3) is 0.458. The van der Waals surface area contributed by atoms with Crippen molar-refractivity contribution in [3.05, 3.63) is 70.0 Å². The normalized spacial score (nSPS) is 20.2. The molecule has 0 bridgehead atoms. The number of hydrogen-bond acceptors (Lipinski definition) is 2. The van der Waals surface area contributed by atoms with E-state index in [0.717, 1.165) is 5.56 Å². The number of hydrogen-bond donors (Lipinski definition) is 1. The van der Waals surface area contributed by atoms with Gasteiger partial charge in [0, 0.05) is 25.4 Å². The summed E-state index contributed by atoms with van der Waals surface area (Å²) in [6.07, 6.45) is -9.52. The number of aryl methyl sites for hydroxylation is 1. The third-order valence-electron chi connectivity index (χ3n) is 6.45. The Hall–Kier alpha value is -2.62.